The average molecular weight is 243 g/mol. The number of benzene rings is 2. The number of hydrogen-bond donors (Lipinski definition) is 1. The van der Waals surface area contributed by atoms with E-state index in [1.807, 2.05) is 30.3 Å². The summed E-state index contributed by atoms with van der Waals surface area (Å²) in [6.07, 6.45) is 0.286. The van der Waals surface area contributed by atoms with Crippen molar-refractivity contribution < 1.29 is 9.13 Å². The summed E-state index contributed by atoms with van der Waals surface area (Å²) in [4.78, 5) is 0. The zero-order valence-corrected chi connectivity index (χ0v) is 9.84. The highest BCUT2D eigenvalue weighted by molar-refractivity contribution is 5.39. The van der Waals surface area contributed by atoms with Gasteiger partial charge in [-0.3, -0.25) is 0 Å². The van der Waals surface area contributed by atoms with Crippen LogP contribution in [0.5, 0.6) is 5.75 Å². The summed E-state index contributed by atoms with van der Waals surface area (Å²) in [6.45, 7) is 0. The van der Waals surface area contributed by atoms with Gasteiger partial charge in [-0.1, -0.05) is 36.4 Å². The van der Waals surface area contributed by atoms with E-state index in [1.165, 1.54) is 6.07 Å². The van der Waals surface area contributed by atoms with Crippen LogP contribution in [0.15, 0.2) is 48.5 Å². The minimum absolute atomic E-state index is 0.112. The quantitative estimate of drug-likeness (QED) is 0.833. The number of hydrogen-bond acceptors (Lipinski definition) is 2. The molecule has 0 aliphatic carbocycles. The van der Waals surface area contributed by atoms with Gasteiger partial charge in [0.05, 0.1) is 0 Å². The topological polar surface area (TPSA) is 35.2 Å². The molecular formula is C15H14FNO. The zero-order chi connectivity index (χ0) is 12.5. The van der Waals surface area contributed by atoms with Gasteiger partial charge in [-0.05, 0) is 12.1 Å². The van der Waals surface area contributed by atoms with E-state index in [4.69, 9.17) is 10.5 Å². The van der Waals surface area contributed by atoms with Crippen molar-refractivity contribution >= 4 is 0 Å². The Morgan fingerprint density at radius 2 is 1.67 bits per heavy atom. The molecule has 3 rings (SSSR count). The van der Waals surface area contributed by atoms with Gasteiger partial charge >= 0.3 is 0 Å². The van der Waals surface area contributed by atoms with Gasteiger partial charge in [0.2, 0.25) is 0 Å². The maximum Gasteiger partial charge on any atom is 0.130 e. The third-order valence-corrected chi connectivity index (χ3v) is 3.31. The third-order valence-electron chi connectivity index (χ3n) is 3.31. The summed E-state index contributed by atoms with van der Waals surface area (Å²) in [5.74, 6) is 0.513. The summed E-state index contributed by atoms with van der Waals surface area (Å²) in [5.41, 5.74) is 7.68. The lowest BCUT2D eigenvalue weighted by Crippen LogP contribution is -2.24. The highest BCUT2D eigenvalue weighted by Gasteiger charge is 2.28. The Kier molecular flexibility index (Phi) is 2.76. The van der Waals surface area contributed by atoms with Gasteiger partial charge in [0.15, 0.2) is 0 Å². The van der Waals surface area contributed by atoms with Crippen LogP contribution in [0.3, 0.4) is 0 Å². The second kappa shape index (κ2) is 4.42. The monoisotopic (exact) mass is 243 g/mol. The van der Waals surface area contributed by atoms with Crippen LogP contribution >= 0.6 is 0 Å². The molecule has 0 amide bonds. The molecule has 1 heterocycles. The molecule has 2 nitrogen and oxygen atoms in total. The molecule has 92 valence electrons. The molecule has 0 bridgehead atoms. The van der Waals surface area contributed by atoms with Gasteiger partial charge in [-0.15, -0.1) is 0 Å². The van der Waals surface area contributed by atoms with Crippen molar-refractivity contribution in [2.24, 2.45) is 5.73 Å². The molecule has 2 N–H and O–H groups in total. The van der Waals surface area contributed by atoms with Crippen molar-refractivity contribution in [3.8, 4) is 5.75 Å². The molecule has 3 heteroatoms. The number of nitrogens with two attached hydrogens (primary N) is 1. The highest BCUT2D eigenvalue weighted by atomic mass is 19.1. The lowest BCUT2D eigenvalue weighted by molar-refractivity contribution is 0.157. The molecule has 0 aromatic heterocycles. The molecule has 0 fully saturated rings. The predicted molar refractivity (Wildman–Crippen MR) is 67.8 cm³/mol. The van der Waals surface area contributed by atoms with Crippen LogP contribution < -0.4 is 10.5 Å². The first kappa shape index (κ1) is 11.2. The minimum atomic E-state index is -0.309. The van der Waals surface area contributed by atoms with Crippen LogP contribution in [0.1, 0.15) is 29.7 Å². The molecule has 0 radical (unpaired) electrons. The molecule has 0 saturated heterocycles. The Hall–Kier alpha value is -1.87. The normalized spacial score (nSPS) is 22.1. The predicted octanol–water partition coefficient (Wildman–Crippen LogP) is 3.35. The summed E-state index contributed by atoms with van der Waals surface area (Å²) in [5, 5.41) is 0. The summed E-state index contributed by atoms with van der Waals surface area (Å²) < 4.78 is 19.6. The van der Waals surface area contributed by atoms with Gasteiger partial charge in [-0.25, -0.2) is 4.39 Å². The van der Waals surface area contributed by atoms with E-state index < -0.39 is 0 Å². The highest BCUT2D eigenvalue weighted by Crippen LogP contribution is 2.39. The number of rotatable bonds is 1. The van der Waals surface area contributed by atoms with Crippen molar-refractivity contribution in [3.63, 3.8) is 0 Å². The fraction of sp³-hybridized carbons (Fsp3) is 0.200. The Labute approximate surface area is 105 Å². The standard InChI is InChI=1S/C15H14FNO/c16-12-7-3-1-5-10(12)15-9-13(17)11-6-2-4-8-14(11)18-15/h1-8,13,15H,9,17H2. The minimum Gasteiger partial charge on any atom is -0.485 e. The summed E-state index contributed by atoms with van der Waals surface area (Å²) >= 11 is 0. The van der Waals surface area contributed by atoms with Crippen molar-refractivity contribution in [3.05, 3.63) is 65.5 Å². The Bertz CT molecular complexity index is 570. The van der Waals surface area contributed by atoms with Gasteiger partial charge in [0.25, 0.3) is 0 Å². The average Bonchev–Trinajstić information content (AvgIpc) is 2.39. The number of fused-ring (bicyclic) bond motifs is 1. The molecule has 18 heavy (non-hydrogen) atoms. The molecule has 0 spiro atoms. The molecule has 2 unspecified atom stereocenters. The smallest absolute Gasteiger partial charge is 0.130 e. The SMILES string of the molecule is NC1CC(c2ccccc2F)Oc2ccccc21. The summed E-state index contributed by atoms with van der Waals surface area (Å²) in [7, 11) is 0. The lowest BCUT2D eigenvalue weighted by Gasteiger charge is -2.30. The van der Waals surface area contributed by atoms with Crippen molar-refractivity contribution in [1.82, 2.24) is 0 Å². The first-order chi connectivity index (χ1) is 8.75. The Morgan fingerprint density at radius 1 is 1.00 bits per heavy atom. The summed E-state index contributed by atoms with van der Waals surface area (Å²) in [6, 6.07) is 14.2. The van der Waals surface area contributed by atoms with Gasteiger partial charge in [0, 0.05) is 23.6 Å². The molecule has 2 aromatic carbocycles. The Balaban J connectivity index is 1.97. The number of para-hydroxylation sites is 1. The molecular weight excluding hydrogens is 229 g/mol. The van der Waals surface area contributed by atoms with Crippen LogP contribution in [-0.2, 0) is 0 Å². The zero-order valence-electron chi connectivity index (χ0n) is 9.84. The van der Waals surface area contributed by atoms with Crippen LogP contribution in [0.4, 0.5) is 4.39 Å². The lowest BCUT2D eigenvalue weighted by atomic mass is 9.93. The fourth-order valence-electron chi connectivity index (χ4n) is 2.38. The second-order valence-electron chi connectivity index (χ2n) is 4.51. The molecule has 1 aliphatic heterocycles. The molecule has 0 saturated carbocycles. The maximum atomic E-state index is 13.8. The van der Waals surface area contributed by atoms with Crippen LogP contribution in [-0.4, -0.2) is 0 Å². The fourth-order valence-corrected chi connectivity index (χ4v) is 2.38. The maximum absolute atomic E-state index is 13.8. The van der Waals surface area contributed by atoms with Gasteiger partial charge < -0.3 is 10.5 Å². The van der Waals surface area contributed by atoms with E-state index in [0.29, 0.717) is 12.0 Å². The first-order valence-corrected chi connectivity index (χ1v) is 6.01. The van der Waals surface area contributed by atoms with Crippen LogP contribution in [0, 0.1) is 5.82 Å². The van der Waals surface area contributed by atoms with E-state index in [-0.39, 0.29) is 18.0 Å². The van der Waals surface area contributed by atoms with Crippen LogP contribution in [0.2, 0.25) is 0 Å². The van der Waals surface area contributed by atoms with E-state index in [2.05, 4.69) is 0 Å². The van der Waals surface area contributed by atoms with E-state index in [1.54, 1.807) is 12.1 Å². The first-order valence-electron chi connectivity index (χ1n) is 6.01. The molecule has 1 aliphatic rings. The third kappa shape index (κ3) is 1.87. The van der Waals surface area contributed by atoms with Crippen molar-refractivity contribution in [1.29, 1.82) is 0 Å². The largest absolute Gasteiger partial charge is 0.485 e. The molecule has 2 aromatic rings. The Morgan fingerprint density at radius 3 is 2.44 bits per heavy atom. The van der Waals surface area contributed by atoms with E-state index in [0.717, 1.165) is 11.3 Å². The molecule has 2 atom stereocenters. The van der Waals surface area contributed by atoms with Gasteiger partial charge in [0.1, 0.15) is 17.7 Å². The van der Waals surface area contributed by atoms with Crippen molar-refractivity contribution in [2.45, 2.75) is 18.6 Å². The number of halogens is 1. The van der Waals surface area contributed by atoms with E-state index in [9.17, 15) is 4.39 Å². The van der Waals surface area contributed by atoms with Gasteiger partial charge in [-0.2, -0.15) is 0 Å². The number of ether oxygens (including phenoxy) is 1. The van der Waals surface area contributed by atoms with Crippen LogP contribution in [0.25, 0.3) is 0 Å². The van der Waals surface area contributed by atoms with E-state index >= 15 is 0 Å². The second-order valence-corrected chi connectivity index (χ2v) is 4.51. The van der Waals surface area contributed by atoms with Crippen molar-refractivity contribution in [2.75, 3.05) is 0 Å².